The van der Waals surface area contributed by atoms with E-state index in [1.807, 2.05) is 37.3 Å². The summed E-state index contributed by atoms with van der Waals surface area (Å²) in [4.78, 5) is 12.0. The number of hydrogen-bond donors (Lipinski definition) is 2. The molecule has 1 aromatic carbocycles. The first-order valence-corrected chi connectivity index (χ1v) is 7.01. The van der Waals surface area contributed by atoms with Crippen molar-refractivity contribution in [2.45, 2.75) is 39.3 Å². The maximum atomic E-state index is 12.0. The van der Waals surface area contributed by atoms with Gasteiger partial charge in [0, 0.05) is 5.39 Å². The summed E-state index contributed by atoms with van der Waals surface area (Å²) in [6.07, 6.45) is 0.679. The second-order valence-corrected chi connectivity index (χ2v) is 5.65. The third kappa shape index (κ3) is 3.39. The molecule has 4 heteroatoms. The van der Waals surface area contributed by atoms with Gasteiger partial charge in [-0.3, -0.25) is 4.79 Å². The van der Waals surface area contributed by atoms with Crippen LogP contribution in [0.25, 0.3) is 11.0 Å². The predicted molar refractivity (Wildman–Crippen MR) is 80.2 cm³/mol. The van der Waals surface area contributed by atoms with Gasteiger partial charge in [-0.05, 0) is 31.4 Å². The van der Waals surface area contributed by atoms with E-state index in [1.165, 1.54) is 0 Å². The number of nitrogens with one attached hydrogen (secondary N) is 1. The van der Waals surface area contributed by atoms with Gasteiger partial charge in [0.1, 0.15) is 11.3 Å². The normalized spacial score (nSPS) is 14.4. The van der Waals surface area contributed by atoms with Crippen molar-refractivity contribution in [1.82, 2.24) is 5.32 Å². The highest BCUT2D eigenvalue weighted by molar-refractivity contribution is 5.82. The second kappa shape index (κ2) is 6.09. The third-order valence-electron chi connectivity index (χ3n) is 3.29. The molecule has 1 unspecified atom stereocenters. The number of para-hydroxylation sites is 1. The number of fused-ring (bicyclic) bond motifs is 1. The molecule has 2 aromatic rings. The molecule has 0 saturated heterocycles. The lowest BCUT2D eigenvalue weighted by molar-refractivity contribution is -0.123. The fourth-order valence-electron chi connectivity index (χ4n) is 2.22. The van der Waals surface area contributed by atoms with E-state index >= 15 is 0 Å². The monoisotopic (exact) mass is 274 g/mol. The molecule has 0 aliphatic carbocycles. The zero-order valence-corrected chi connectivity index (χ0v) is 12.2. The van der Waals surface area contributed by atoms with Gasteiger partial charge in [0.05, 0.1) is 12.1 Å². The summed E-state index contributed by atoms with van der Waals surface area (Å²) in [5.74, 6) is 1.01. The van der Waals surface area contributed by atoms with Crippen LogP contribution in [-0.2, 0) is 4.79 Å². The van der Waals surface area contributed by atoms with Gasteiger partial charge < -0.3 is 15.5 Å². The zero-order chi connectivity index (χ0) is 14.7. The maximum absolute atomic E-state index is 12.0. The average Bonchev–Trinajstić information content (AvgIpc) is 2.81. The van der Waals surface area contributed by atoms with Crippen molar-refractivity contribution in [3.63, 3.8) is 0 Å². The molecule has 0 saturated carbocycles. The van der Waals surface area contributed by atoms with Crippen molar-refractivity contribution in [3.05, 3.63) is 36.1 Å². The minimum atomic E-state index is -0.471. The van der Waals surface area contributed by atoms with Crippen LogP contribution >= 0.6 is 0 Å². The Morgan fingerprint density at radius 3 is 2.65 bits per heavy atom. The molecule has 0 aliphatic heterocycles. The summed E-state index contributed by atoms with van der Waals surface area (Å²) in [6, 6.07) is 9.09. The minimum absolute atomic E-state index is 0.133. The number of nitrogens with two attached hydrogens (primary N) is 1. The molecule has 1 aromatic heterocycles. The highest BCUT2D eigenvalue weighted by Crippen LogP contribution is 2.23. The predicted octanol–water partition coefficient (Wildman–Crippen LogP) is 2.98. The van der Waals surface area contributed by atoms with E-state index in [9.17, 15) is 4.79 Å². The fourth-order valence-corrected chi connectivity index (χ4v) is 2.22. The Hall–Kier alpha value is -1.81. The van der Waals surface area contributed by atoms with Gasteiger partial charge in [-0.15, -0.1) is 0 Å². The van der Waals surface area contributed by atoms with Crippen molar-refractivity contribution in [2.24, 2.45) is 11.7 Å². The van der Waals surface area contributed by atoms with E-state index < -0.39 is 6.04 Å². The van der Waals surface area contributed by atoms with Gasteiger partial charge in [-0.2, -0.15) is 0 Å². The average molecular weight is 274 g/mol. The molecule has 2 rings (SSSR count). The lowest BCUT2D eigenvalue weighted by Gasteiger charge is -2.17. The van der Waals surface area contributed by atoms with Crippen LogP contribution in [0.1, 0.15) is 39.0 Å². The van der Waals surface area contributed by atoms with Gasteiger partial charge >= 0.3 is 0 Å². The van der Waals surface area contributed by atoms with Crippen molar-refractivity contribution in [1.29, 1.82) is 0 Å². The molecule has 0 aliphatic rings. The molecule has 0 bridgehead atoms. The SMILES string of the molecule is CC(C)C[C@H](N)C(=O)NC(C)c1cc2ccccc2o1. The Morgan fingerprint density at radius 1 is 1.30 bits per heavy atom. The summed E-state index contributed by atoms with van der Waals surface area (Å²) < 4.78 is 5.74. The molecule has 3 N–H and O–H groups in total. The molecule has 2 atom stereocenters. The Morgan fingerprint density at radius 2 is 2.00 bits per heavy atom. The Bertz CT molecular complexity index is 556. The molecule has 1 amide bonds. The van der Waals surface area contributed by atoms with Crippen molar-refractivity contribution in [3.8, 4) is 0 Å². The zero-order valence-electron chi connectivity index (χ0n) is 12.2. The van der Waals surface area contributed by atoms with Crippen molar-refractivity contribution in [2.75, 3.05) is 0 Å². The highest BCUT2D eigenvalue weighted by Gasteiger charge is 2.19. The number of furan rings is 1. The van der Waals surface area contributed by atoms with Crippen LogP contribution in [0.5, 0.6) is 0 Å². The lowest BCUT2D eigenvalue weighted by Crippen LogP contribution is -2.42. The molecule has 1 heterocycles. The molecule has 4 nitrogen and oxygen atoms in total. The van der Waals surface area contributed by atoms with E-state index in [0.29, 0.717) is 12.3 Å². The molecule has 108 valence electrons. The van der Waals surface area contributed by atoms with Crippen LogP contribution < -0.4 is 11.1 Å². The molecule has 0 spiro atoms. The van der Waals surface area contributed by atoms with Crippen LogP contribution in [-0.4, -0.2) is 11.9 Å². The summed E-state index contributed by atoms with van der Waals surface area (Å²) in [7, 11) is 0. The topological polar surface area (TPSA) is 68.3 Å². The number of rotatable bonds is 5. The summed E-state index contributed by atoms with van der Waals surface area (Å²) in [5, 5.41) is 3.94. The van der Waals surface area contributed by atoms with E-state index in [2.05, 4.69) is 19.2 Å². The Kier molecular flexibility index (Phi) is 4.45. The van der Waals surface area contributed by atoms with Crippen LogP contribution in [0.4, 0.5) is 0 Å². The lowest BCUT2D eigenvalue weighted by atomic mass is 10.0. The number of carbonyl (C=O) groups is 1. The number of hydrogen-bond acceptors (Lipinski definition) is 3. The van der Waals surface area contributed by atoms with E-state index in [1.54, 1.807) is 0 Å². The smallest absolute Gasteiger partial charge is 0.237 e. The number of carbonyl (C=O) groups excluding carboxylic acids is 1. The van der Waals surface area contributed by atoms with Gasteiger partial charge in [0.2, 0.25) is 5.91 Å². The quantitative estimate of drug-likeness (QED) is 0.880. The largest absolute Gasteiger partial charge is 0.459 e. The van der Waals surface area contributed by atoms with E-state index in [0.717, 1.165) is 16.7 Å². The summed E-state index contributed by atoms with van der Waals surface area (Å²) in [6.45, 7) is 6.00. The summed E-state index contributed by atoms with van der Waals surface area (Å²) >= 11 is 0. The van der Waals surface area contributed by atoms with Gasteiger partial charge in [-0.1, -0.05) is 32.0 Å². The van der Waals surface area contributed by atoms with Crippen LogP contribution in [0, 0.1) is 5.92 Å². The Labute approximate surface area is 119 Å². The molecular weight excluding hydrogens is 252 g/mol. The molecule has 0 radical (unpaired) electrons. The minimum Gasteiger partial charge on any atom is -0.459 e. The molecular formula is C16H22N2O2. The van der Waals surface area contributed by atoms with Gasteiger partial charge in [0.15, 0.2) is 0 Å². The second-order valence-electron chi connectivity index (χ2n) is 5.65. The first-order valence-electron chi connectivity index (χ1n) is 7.01. The summed E-state index contributed by atoms with van der Waals surface area (Å²) in [5.41, 5.74) is 6.71. The fraction of sp³-hybridized carbons (Fsp3) is 0.438. The van der Waals surface area contributed by atoms with E-state index in [4.69, 9.17) is 10.2 Å². The molecule has 20 heavy (non-hydrogen) atoms. The highest BCUT2D eigenvalue weighted by atomic mass is 16.3. The maximum Gasteiger partial charge on any atom is 0.237 e. The first kappa shape index (κ1) is 14.6. The first-order chi connectivity index (χ1) is 9.47. The molecule has 0 fully saturated rings. The third-order valence-corrected chi connectivity index (χ3v) is 3.29. The van der Waals surface area contributed by atoms with Gasteiger partial charge in [0.25, 0.3) is 0 Å². The van der Waals surface area contributed by atoms with Crippen LogP contribution in [0.15, 0.2) is 34.7 Å². The number of amides is 1. The van der Waals surface area contributed by atoms with E-state index in [-0.39, 0.29) is 11.9 Å². The van der Waals surface area contributed by atoms with Crippen molar-refractivity contribution < 1.29 is 9.21 Å². The van der Waals surface area contributed by atoms with Crippen LogP contribution in [0.2, 0.25) is 0 Å². The van der Waals surface area contributed by atoms with Crippen molar-refractivity contribution >= 4 is 16.9 Å². The Balaban J connectivity index is 2.04. The standard InChI is InChI=1S/C16H22N2O2/c1-10(2)8-13(17)16(19)18-11(3)15-9-12-6-4-5-7-14(12)20-15/h4-7,9-11,13H,8,17H2,1-3H3,(H,18,19)/t11?,13-/m0/s1. The number of benzene rings is 1. The van der Waals surface area contributed by atoms with Crippen LogP contribution in [0.3, 0.4) is 0 Å². The van der Waals surface area contributed by atoms with Gasteiger partial charge in [-0.25, -0.2) is 0 Å².